The van der Waals surface area contributed by atoms with Gasteiger partial charge in [-0.15, -0.1) is 0 Å². The molecule has 0 aliphatic carbocycles. The molecule has 0 spiro atoms. The average molecular weight is 435 g/mol. The monoisotopic (exact) mass is 434 g/mol. The van der Waals surface area contributed by atoms with E-state index < -0.39 is 0 Å². The van der Waals surface area contributed by atoms with Crippen LogP contribution in [-0.4, -0.2) is 50.1 Å². The predicted octanol–water partition coefficient (Wildman–Crippen LogP) is 3.82. The van der Waals surface area contributed by atoms with E-state index in [9.17, 15) is 4.79 Å². The molecule has 6 heteroatoms. The number of aliphatic imine (C=N–C) groups is 1. The normalized spacial score (nSPS) is 19.5. The van der Waals surface area contributed by atoms with E-state index >= 15 is 0 Å². The number of carbonyl (C=O) groups excluding carboxylic acids is 1. The van der Waals surface area contributed by atoms with E-state index in [4.69, 9.17) is 4.74 Å². The largest absolute Gasteiger partial charge is 0.376 e. The Labute approximate surface area is 191 Å². The molecule has 2 aliphatic rings. The summed E-state index contributed by atoms with van der Waals surface area (Å²) in [4.78, 5) is 20.8. The molecule has 6 nitrogen and oxygen atoms in total. The van der Waals surface area contributed by atoms with Crippen LogP contribution in [0.5, 0.6) is 0 Å². The highest BCUT2D eigenvalue weighted by Crippen LogP contribution is 2.21. The topological polar surface area (TPSA) is 57.2 Å². The Morgan fingerprint density at radius 3 is 2.62 bits per heavy atom. The van der Waals surface area contributed by atoms with Crippen molar-refractivity contribution in [1.29, 1.82) is 0 Å². The lowest BCUT2D eigenvalue weighted by atomic mass is 10.1. The maximum absolute atomic E-state index is 12.1. The van der Waals surface area contributed by atoms with Crippen molar-refractivity contribution < 1.29 is 9.53 Å². The molecule has 2 aromatic rings. The molecule has 2 aliphatic heterocycles. The number of hydrogen-bond acceptors (Lipinski definition) is 3. The first-order valence-corrected chi connectivity index (χ1v) is 11.7. The van der Waals surface area contributed by atoms with Gasteiger partial charge >= 0.3 is 0 Å². The summed E-state index contributed by atoms with van der Waals surface area (Å²) in [5, 5.41) is 3.49. The van der Waals surface area contributed by atoms with Gasteiger partial charge in [0.2, 0.25) is 5.91 Å². The molecule has 0 radical (unpaired) electrons. The van der Waals surface area contributed by atoms with Crippen LogP contribution in [0, 0.1) is 5.92 Å². The molecule has 1 unspecified atom stereocenters. The van der Waals surface area contributed by atoms with Crippen molar-refractivity contribution in [3.8, 4) is 0 Å². The number of likely N-dealkylation sites (tertiary alicyclic amines) is 1. The molecule has 1 amide bonds. The molecule has 2 heterocycles. The molecule has 0 aromatic heterocycles. The second kappa shape index (κ2) is 11.1. The van der Waals surface area contributed by atoms with Crippen LogP contribution < -0.4 is 10.2 Å². The van der Waals surface area contributed by atoms with Gasteiger partial charge in [-0.25, -0.2) is 0 Å². The van der Waals surface area contributed by atoms with Crippen LogP contribution in [0.2, 0.25) is 0 Å². The van der Waals surface area contributed by atoms with E-state index in [2.05, 4.69) is 51.6 Å². The number of benzene rings is 2. The molecule has 1 N–H and O–H groups in total. The van der Waals surface area contributed by atoms with Gasteiger partial charge in [0, 0.05) is 51.3 Å². The summed E-state index contributed by atoms with van der Waals surface area (Å²) >= 11 is 0. The molecular formula is C26H34N4O2. The zero-order valence-corrected chi connectivity index (χ0v) is 19.0. The van der Waals surface area contributed by atoms with Crippen LogP contribution in [0.1, 0.15) is 36.8 Å². The second-order valence-electron chi connectivity index (χ2n) is 8.67. The third-order valence-electron chi connectivity index (χ3n) is 6.28. The molecule has 0 bridgehead atoms. The van der Waals surface area contributed by atoms with Crippen molar-refractivity contribution in [1.82, 2.24) is 10.2 Å². The zero-order valence-electron chi connectivity index (χ0n) is 19.0. The number of hydrogen-bond donors (Lipinski definition) is 1. The number of piperidine rings is 1. The highest BCUT2D eigenvalue weighted by molar-refractivity contribution is 5.93. The van der Waals surface area contributed by atoms with Crippen molar-refractivity contribution in [3.63, 3.8) is 0 Å². The SMILES string of the molecule is CN=C(NCc1ccc(N2CCCCC2=O)cc1)N1CCC(COCc2ccccc2)C1. The van der Waals surface area contributed by atoms with E-state index in [0.717, 1.165) is 57.2 Å². The number of rotatable bonds is 7. The minimum absolute atomic E-state index is 0.235. The quantitative estimate of drug-likeness (QED) is 0.532. The molecule has 0 saturated carbocycles. The number of nitrogens with one attached hydrogen (secondary N) is 1. The molecule has 32 heavy (non-hydrogen) atoms. The molecule has 170 valence electrons. The van der Waals surface area contributed by atoms with Gasteiger partial charge in [-0.05, 0) is 42.5 Å². The Morgan fingerprint density at radius 1 is 1.06 bits per heavy atom. The van der Waals surface area contributed by atoms with E-state index in [0.29, 0.717) is 25.5 Å². The number of nitrogens with zero attached hydrogens (tertiary/aromatic N) is 3. The van der Waals surface area contributed by atoms with Gasteiger partial charge < -0.3 is 19.9 Å². The molecule has 2 aromatic carbocycles. The van der Waals surface area contributed by atoms with E-state index in [1.807, 2.05) is 30.1 Å². The Morgan fingerprint density at radius 2 is 1.88 bits per heavy atom. The number of guanidine groups is 1. The summed E-state index contributed by atoms with van der Waals surface area (Å²) in [5.74, 6) is 1.70. The van der Waals surface area contributed by atoms with Crippen molar-refractivity contribution in [3.05, 3.63) is 65.7 Å². The van der Waals surface area contributed by atoms with Crippen LogP contribution in [0.15, 0.2) is 59.6 Å². The fraction of sp³-hybridized carbons (Fsp3) is 0.462. The summed E-state index contributed by atoms with van der Waals surface area (Å²) in [7, 11) is 1.84. The van der Waals surface area contributed by atoms with E-state index in [1.165, 1.54) is 11.1 Å². The summed E-state index contributed by atoms with van der Waals surface area (Å²) in [6.45, 7) is 4.95. The summed E-state index contributed by atoms with van der Waals surface area (Å²) in [5.41, 5.74) is 3.40. The molecule has 1 atom stereocenters. The van der Waals surface area contributed by atoms with Crippen LogP contribution in [0.3, 0.4) is 0 Å². The lowest BCUT2D eigenvalue weighted by Gasteiger charge is -2.27. The Kier molecular flexibility index (Phi) is 7.77. The van der Waals surface area contributed by atoms with Gasteiger partial charge in [0.1, 0.15) is 0 Å². The van der Waals surface area contributed by atoms with Crippen molar-refractivity contribution in [2.24, 2.45) is 10.9 Å². The Balaban J connectivity index is 1.22. The van der Waals surface area contributed by atoms with Gasteiger partial charge in [-0.2, -0.15) is 0 Å². The van der Waals surface area contributed by atoms with Crippen LogP contribution in [0.25, 0.3) is 0 Å². The van der Waals surface area contributed by atoms with Gasteiger partial charge in [-0.3, -0.25) is 9.79 Å². The number of amides is 1. The number of anilines is 1. The lowest BCUT2D eigenvalue weighted by molar-refractivity contribution is -0.119. The molecule has 4 rings (SSSR count). The number of ether oxygens (including phenoxy) is 1. The minimum Gasteiger partial charge on any atom is -0.376 e. The number of carbonyl (C=O) groups is 1. The maximum Gasteiger partial charge on any atom is 0.226 e. The third kappa shape index (κ3) is 5.88. The van der Waals surface area contributed by atoms with Crippen molar-refractivity contribution >= 4 is 17.6 Å². The summed E-state index contributed by atoms with van der Waals surface area (Å²) in [6.07, 6.45) is 3.87. The van der Waals surface area contributed by atoms with Crippen molar-refractivity contribution in [2.45, 2.75) is 38.8 Å². The van der Waals surface area contributed by atoms with Gasteiger partial charge in [-0.1, -0.05) is 42.5 Å². The smallest absolute Gasteiger partial charge is 0.226 e. The standard InChI is InChI=1S/C26H34N4O2/c1-27-26(29-16-14-23(18-29)20-32-19-22-7-3-2-4-8-22)28-17-21-10-12-24(13-11-21)30-15-6-5-9-25(30)31/h2-4,7-8,10-13,23H,5-6,9,14-20H2,1H3,(H,27,28). The molecular weight excluding hydrogens is 400 g/mol. The van der Waals surface area contributed by atoms with E-state index in [-0.39, 0.29) is 5.91 Å². The van der Waals surface area contributed by atoms with E-state index in [1.54, 1.807) is 0 Å². The summed E-state index contributed by atoms with van der Waals surface area (Å²) < 4.78 is 5.95. The Hall–Kier alpha value is -2.86. The highest BCUT2D eigenvalue weighted by atomic mass is 16.5. The Bertz CT molecular complexity index is 898. The van der Waals surface area contributed by atoms with Crippen LogP contribution >= 0.6 is 0 Å². The molecule has 2 fully saturated rings. The maximum atomic E-state index is 12.1. The lowest BCUT2D eigenvalue weighted by Crippen LogP contribution is -2.39. The zero-order chi connectivity index (χ0) is 22.2. The van der Waals surface area contributed by atoms with Crippen molar-refractivity contribution in [2.75, 3.05) is 38.2 Å². The first kappa shape index (κ1) is 22.3. The predicted molar refractivity (Wildman–Crippen MR) is 129 cm³/mol. The van der Waals surface area contributed by atoms with Crippen LogP contribution in [0.4, 0.5) is 5.69 Å². The van der Waals surface area contributed by atoms with Gasteiger partial charge in [0.05, 0.1) is 13.2 Å². The third-order valence-corrected chi connectivity index (χ3v) is 6.28. The van der Waals surface area contributed by atoms with Crippen LogP contribution in [-0.2, 0) is 22.7 Å². The fourth-order valence-corrected chi connectivity index (χ4v) is 4.46. The first-order valence-electron chi connectivity index (χ1n) is 11.7. The average Bonchev–Trinajstić information content (AvgIpc) is 3.30. The first-order chi connectivity index (χ1) is 15.7. The second-order valence-corrected chi connectivity index (χ2v) is 8.67. The summed E-state index contributed by atoms with van der Waals surface area (Å²) in [6, 6.07) is 18.6. The fourth-order valence-electron chi connectivity index (χ4n) is 4.46. The van der Waals surface area contributed by atoms with Gasteiger partial charge in [0.15, 0.2) is 5.96 Å². The highest BCUT2D eigenvalue weighted by Gasteiger charge is 2.25. The minimum atomic E-state index is 0.235. The van der Waals surface area contributed by atoms with Gasteiger partial charge in [0.25, 0.3) is 0 Å². The molecule has 2 saturated heterocycles.